The summed E-state index contributed by atoms with van der Waals surface area (Å²) in [5, 5.41) is 31.0. The lowest BCUT2D eigenvalue weighted by molar-refractivity contribution is -0.104. The minimum atomic E-state index is -1.38. The number of aliphatic hydroxyl groups is 3. The first-order valence-electron chi connectivity index (χ1n) is 6.27. The molecule has 2 rings (SSSR count). The number of aromatic nitrogens is 2. The predicted octanol–water partition coefficient (Wildman–Crippen LogP) is -1.45. The van der Waals surface area contributed by atoms with E-state index < -0.39 is 36.8 Å². The molecule has 4 N–H and O–H groups in total. The predicted molar refractivity (Wildman–Crippen MR) is 75.1 cm³/mol. The number of aliphatic hydroxyl groups excluding tert-OH is 3. The highest BCUT2D eigenvalue weighted by Gasteiger charge is 2.43. The first-order chi connectivity index (χ1) is 10.5. The van der Waals surface area contributed by atoms with Gasteiger partial charge in [-0.1, -0.05) is 11.6 Å². The number of carbonyl (C=O) groups excluding carboxylic acids is 1. The minimum absolute atomic E-state index is 0.102. The van der Waals surface area contributed by atoms with Gasteiger partial charge in [-0.25, -0.2) is 4.79 Å². The number of nitrogens with zero attached hydrogens (tertiary/aromatic N) is 2. The molecule has 0 radical (unpaired) electrons. The van der Waals surface area contributed by atoms with Gasteiger partial charge >= 0.3 is 5.69 Å². The number of anilines is 1. The number of ether oxygens (including phenoxy) is 1. The molecular weight excluding hydrogens is 318 g/mol. The summed E-state index contributed by atoms with van der Waals surface area (Å²) in [6.07, 6.45) is -1.97. The van der Waals surface area contributed by atoms with Crippen molar-refractivity contribution in [3.05, 3.63) is 34.0 Å². The molecule has 1 aromatic heterocycles. The molecule has 0 saturated carbocycles. The highest BCUT2D eigenvalue weighted by atomic mass is 35.5. The fourth-order valence-corrected chi connectivity index (χ4v) is 2.03. The molecule has 1 aliphatic rings. The Bertz CT molecular complexity index is 634. The van der Waals surface area contributed by atoms with Gasteiger partial charge < -0.3 is 25.4 Å². The average Bonchev–Trinajstić information content (AvgIpc) is 2.80. The van der Waals surface area contributed by atoms with E-state index in [1.54, 1.807) is 0 Å². The van der Waals surface area contributed by atoms with Gasteiger partial charge in [-0.3, -0.25) is 9.36 Å². The topological polar surface area (TPSA) is 134 Å². The molecule has 0 aromatic carbocycles. The maximum atomic E-state index is 11.9. The maximum Gasteiger partial charge on any atom is 0.351 e. The van der Waals surface area contributed by atoms with Crippen molar-refractivity contribution < 1.29 is 24.9 Å². The third-order valence-electron chi connectivity index (χ3n) is 3.09. The zero-order chi connectivity index (χ0) is 16.3. The molecule has 0 unspecified atom stereocenters. The van der Waals surface area contributed by atoms with Crippen LogP contribution in [0.15, 0.2) is 28.3 Å². The summed E-state index contributed by atoms with van der Waals surface area (Å²) in [5.74, 6) is 0.132. The summed E-state index contributed by atoms with van der Waals surface area (Å²) in [4.78, 5) is 26.0. The van der Waals surface area contributed by atoms with E-state index in [9.17, 15) is 19.8 Å². The van der Waals surface area contributed by atoms with E-state index in [2.05, 4.69) is 10.3 Å². The molecule has 0 aliphatic carbocycles. The number of halogens is 1. The molecule has 4 atom stereocenters. The molecule has 2 heterocycles. The summed E-state index contributed by atoms with van der Waals surface area (Å²) in [7, 11) is 0. The standard InChI is InChI=1S/C12H14ClN3O6/c13-6(4-17)3-14-8-1-2-16(12(21)15-8)11-10(20)9(19)7(5-18)22-11/h1-4,7,9-11,18-20H,5H2,(H,14,15,21)/b6-3-/t7-,9-,10-,11-/m1/s1. The van der Waals surface area contributed by atoms with Gasteiger partial charge in [-0.05, 0) is 6.07 Å². The Balaban J connectivity index is 2.20. The second kappa shape index (κ2) is 6.99. The quantitative estimate of drug-likeness (QED) is 0.380. The van der Waals surface area contributed by atoms with E-state index in [1.807, 2.05) is 0 Å². The Morgan fingerprint density at radius 3 is 2.77 bits per heavy atom. The van der Waals surface area contributed by atoms with Crippen molar-refractivity contribution in [2.24, 2.45) is 0 Å². The SMILES string of the molecule is O=C/C(Cl)=C/Nc1ccn([C@@H]2O[C@H](CO)[C@@H](O)[C@H]2O)c(=O)n1. The fourth-order valence-electron chi connectivity index (χ4n) is 1.97. The van der Waals surface area contributed by atoms with Crippen molar-refractivity contribution >= 4 is 23.7 Å². The van der Waals surface area contributed by atoms with Crippen LogP contribution in [0, 0.1) is 0 Å². The minimum Gasteiger partial charge on any atom is -0.394 e. The zero-order valence-corrected chi connectivity index (χ0v) is 11.9. The summed E-state index contributed by atoms with van der Waals surface area (Å²) in [6, 6.07) is 1.39. The van der Waals surface area contributed by atoms with Gasteiger partial charge in [0.1, 0.15) is 24.1 Å². The van der Waals surface area contributed by atoms with E-state index in [0.29, 0.717) is 6.29 Å². The van der Waals surface area contributed by atoms with Crippen LogP contribution in [0.1, 0.15) is 6.23 Å². The van der Waals surface area contributed by atoms with Crippen LogP contribution in [0.3, 0.4) is 0 Å². The Morgan fingerprint density at radius 1 is 1.50 bits per heavy atom. The van der Waals surface area contributed by atoms with E-state index in [0.717, 1.165) is 10.8 Å². The number of nitrogens with one attached hydrogen (secondary N) is 1. The first-order valence-corrected chi connectivity index (χ1v) is 6.64. The Labute approximate surface area is 129 Å². The number of allylic oxidation sites excluding steroid dienone is 1. The van der Waals surface area contributed by atoms with E-state index >= 15 is 0 Å². The van der Waals surface area contributed by atoms with Crippen molar-refractivity contribution in [3.63, 3.8) is 0 Å². The molecule has 22 heavy (non-hydrogen) atoms. The highest BCUT2D eigenvalue weighted by molar-refractivity contribution is 6.38. The lowest BCUT2D eigenvalue weighted by atomic mass is 10.1. The van der Waals surface area contributed by atoms with Gasteiger partial charge in [0.15, 0.2) is 12.5 Å². The van der Waals surface area contributed by atoms with Gasteiger partial charge in [0.2, 0.25) is 0 Å². The molecule has 120 valence electrons. The van der Waals surface area contributed by atoms with Crippen LogP contribution in [-0.2, 0) is 9.53 Å². The summed E-state index contributed by atoms with van der Waals surface area (Å²) < 4.78 is 6.22. The van der Waals surface area contributed by atoms with Crippen LogP contribution in [0.2, 0.25) is 0 Å². The molecule has 0 bridgehead atoms. The van der Waals surface area contributed by atoms with Crippen LogP contribution in [-0.4, -0.2) is 56.1 Å². The summed E-state index contributed by atoms with van der Waals surface area (Å²) in [6.45, 7) is -0.495. The summed E-state index contributed by atoms with van der Waals surface area (Å²) in [5.41, 5.74) is -0.754. The van der Waals surface area contributed by atoms with Crippen LogP contribution in [0.4, 0.5) is 5.82 Å². The normalized spacial score (nSPS) is 28.6. The molecule has 0 spiro atoms. The van der Waals surface area contributed by atoms with Crippen molar-refractivity contribution in [2.45, 2.75) is 24.5 Å². The molecule has 1 aromatic rings. The molecule has 1 saturated heterocycles. The first kappa shape index (κ1) is 16.6. The average molecular weight is 332 g/mol. The Morgan fingerprint density at radius 2 is 2.23 bits per heavy atom. The number of hydrogen-bond donors (Lipinski definition) is 4. The molecule has 1 aliphatic heterocycles. The number of rotatable bonds is 5. The number of carbonyl (C=O) groups is 1. The van der Waals surface area contributed by atoms with Crippen LogP contribution < -0.4 is 11.0 Å². The van der Waals surface area contributed by atoms with Gasteiger partial charge in [0.05, 0.1) is 11.6 Å². The Kier molecular flexibility index (Phi) is 5.27. The number of hydrogen-bond acceptors (Lipinski definition) is 8. The van der Waals surface area contributed by atoms with Crippen LogP contribution in [0.5, 0.6) is 0 Å². The fraction of sp³-hybridized carbons (Fsp3) is 0.417. The molecule has 0 amide bonds. The monoisotopic (exact) mass is 331 g/mol. The maximum absolute atomic E-state index is 11.9. The van der Waals surface area contributed by atoms with E-state index in [1.165, 1.54) is 12.3 Å². The van der Waals surface area contributed by atoms with E-state index in [4.69, 9.17) is 21.4 Å². The Hall–Kier alpha value is -1.78. The summed E-state index contributed by atoms with van der Waals surface area (Å²) >= 11 is 5.47. The van der Waals surface area contributed by atoms with Crippen LogP contribution >= 0.6 is 11.6 Å². The third-order valence-corrected chi connectivity index (χ3v) is 3.29. The van der Waals surface area contributed by atoms with Crippen molar-refractivity contribution in [1.82, 2.24) is 9.55 Å². The largest absolute Gasteiger partial charge is 0.394 e. The smallest absolute Gasteiger partial charge is 0.351 e. The second-order valence-corrected chi connectivity index (χ2v) is 4.96. The van der Waals surface area contributed by atoms with Crippen LogP contribution in [0.25, 0.3) is 0 Å². The molecular formula is C12H14ClN3O6. The van der Waals surface area contributed by atoms with E-state index in [-0.39, 0.29) is 10.9 Å². The van der Waals surface area contributed by atoms with Gasteiger partial charge in [-0.2, -0.15) is 4.98 Å². The van der Waals surface area contributed by atoms with Crippen molar-refractivity contribution in [2.75, 3.05) is 11.9 Å². The molecule has 10 heteroatoms. The lowest BCUT2D eigenvalue weighted by Crippen LogP contribution is -2.36. The van der Waals surface area contributed by atoms with Gasteiger partial charge in [0, 0.05) is 12.4 Å². The lowest BCUT2D eigenvalue weighted by Gasteiger charge is -2.17. The molecule has 9 nitrogen and oxygen atoms in total. The van der Waals surface area contributed by atoms with Crippen molar-refractivity contribution in [1.29, 1.82) is 0 Å². The molecule has 1 fully saturated rings. The highest BCUT2D eigenvalue weighted by Crippen LogP contribution is 2.28. The van der Waals surface area contributed by atoms with Crippen molar-refractivity contribution in [3.8, 4) is 0 Å². The third kappa shape index (κ3) is 3.34. The number of aldehydes is 1. The van der Waals surface area contributed by atoms with Gasteiger partial charge in [-0.15, -0.1) is 0 Å². The van der Waals surface area contributed by atoms with Gasteiger partial charge in [0.25, 0.3) is 0 Å². The zero-order valence-electron chi connectivity index (χ0n) is 11.2. The second-order valence-electron chi connectivity index (χ2n) is 4.52.